The maximum atomic E-state index is 12.3. The Morgan fingerprint density at radius 3 is 2.35 bits per heavy atom. The molecule has 2 aromatic carbocycles. The fourth-order valence-corrected chi connectivity index (χ4v) is 2.44. The molecule has 1 heterocycles. The van der Waals surface area contributed by atoms with Crippen LogP contribution in [0.25, 0.3) is 11.1 Å². The molecule has 0 unspecified atom stereocenters. The van der Waals surface area contributed by atoms with Gasteiger partial charge in [-0.25, -0.2) is 4.79 Å². The lowest BCUT2D eigenvalue weighted by atomic mass is 10.0. The summed E-state index contributed by atoms with van der Waals surface area (Å²) in [5, 5.41) is 11.8. The lowest BCUT2D eigenvalue weighted by Gasteiger charge is -2.15. The number of rotatable bonds is 4. The molecule has 2 N–H and O–H groups in total. The smallest absolute Gasteiger partial charge is 0.336 e. The fraction of sp³-hybridized carbons (Fsp3) is 0.176. The second-order valence-corrected chi connectivity index (χ2v) is 5.03. The van der Waals surface area contributed by atoms with E-state index in [-0.39, 0.29) is 6.79 Å². The number of para-hydroxylation sites is 1. The zero-order valence-electron chi connectivity index (χ0n) is 12.1. The summed E-state index contributed by atoms with van der Waals surface area (Å²) in [6.07, 6.45) is -2.46. The van der Waals surface area contributed by atoms with Crippen molar-refractivity contribution in [2.24, 2.45) is 0 Å². The van der Waals surface area contributed by atoms with Crippen LogP contribution in [0.4, 0.5) is 5.69 Å². The molecular weight excluding hydrogens is 298 g/mol. The first-order valence-electron chi connectivity index (χ1n) is 7.08. The van der Waals surface area contributed by atoms with Gasteiger partial charge in [0.2, 0.25) is 0 Å². The molecule has 1 amide bonds. The minimum absolute atomic E-state index is 0.213. The Balaban J connectivity index is 1.84. The molecule has 1 fully saturated rings. The van der Waals surface area contributed by atoms with Crippen LogP contribution in [0.2, 0.25) is 0 Å². The van der Waals surface area contributed by atoms with Gasteiger partial charge in [0, 0.05) is 11.3 Å². The normalized spacial score (nSPS) is 20.2. The summed E-state index contributed by atoms with van der Waals surface area (Å²) in [6.45, 7) is -0.213. The van der Waals surface area contributed by atoms with Gasteiger partial charge in [-0.05, 0) is 11.6 Å². The van der Waals surface area contributed by atoms with Crippen LogP contribution in [0.3, 0.4) is 0 Å². The quantitative estimate of drug-likeness (QED) is 0.903. The standard InChI is InChI=1S/C17H15NO5/c19-16(14-15(17(20)21)23-10-22-14)18-13-9-5-4-8-12(13)11-6-2-1-3-7-11/h1-9,14-15H,10H2,(H,18,19)(H,20,21)/t14-,15-/m1/s1. The Morgan fingerprint density at radius 1 is 0.957 bits per heavy atom. The van der Waals surface area contributed by atoms with Crippen LogP contribution < -0.4 is 5.32 Å². The maximum absolute atomic E-state index is 12.3. The third-order valence-corrected chi connectivity index (χ3v) is 3.54. The molecule has 118 valence electrons. The molecule has 0 radical (unpaired) electrons. The van der Waals surface area contributed by atoms with E-state index >= 15 is 0 Å². The van der Waals surface area contributed by atoms with Crippen molar-refractivity contribution in [3.63, 3.8) is 0 Å². The monoisotopic (exact) mass is 313 g/mol. The first-order chi connectivity index (χ1) is 11.2. The predicted octanol–water partition coefficient (Wildman–Crippen LogP) is 2.12. The third-order valence-electron chi connectivity index (χ3n) is 3.54. The molecule has 1 aliphatic heterocycles. The molecule has 1 aliphatic rings. The number of carboxylic acid groups (broad SMARTS) is 1. The largest absolute Gasteiger partial charge is 0.479 e. The van der Waals surface area contributed by atoms with E-state index in [9.17, 15) is 9.59 Å². The average Bonchev–Trinajstić information content (AvgIpc) is 3.06. The highest BCUT2D eigenvalue weighted by atomic mass is 16.7. The summed E-state index contributed by atoms with van der Waals surface area (Å²) in [7, 11) is 0. The first-order valence-corrected chi connectivity index (χ1v) is 7.08. The summed E-state index contributed by atoms with van der Waals surface area (Å²) in [5.74, 6) is -1.77. The van der Waals surface area contributed by atoms with Crippen LogP contribution in [0.15, 0.2) is 54.6 Å². The van der Waals surface area contributed by atoms with Crippen LogP contribution in [-0.2, 0) is 19.1 Å². The first kappa shape index (κ1) is 15.2. The highest BCUT2D eigenvalue weighted by molar-refractivity contribution is 6.00. The van der Waals surface area contributed by atoms with E-state index < -0.39 is 24.1 Å². The third kappa shape index (κ3) is 3.23. The van der Waals surface area contributed by atoms with Crippen molar-refractivity contribution in [2.75, 3.05) is 12.1 Å². The number of benzene rings is 2. The molecule has 6 heteroatoms. The fourth-order valence-electron chi connectivity index (χ4n) is 2.44. The number of carbonyl (C=O) groups excluding carboxylic acids is 1. The van der Waals surface area contributed by atoms with Crippen LogP contribution >= 0.6 is 0 Å². The highest BCUT2D eigenvalue weighted by Gasteiger charge is 2.40. The number of hydrogen-bond donors (Lipinski definition) is 2. The van der Waals surface area contributed by atoms with E-state index in [1.807, 2.05) is 42.5 Å². The number of carboxylic acids is 1. The molecule has 0 aliphatic carbocycles. The Labute approximate surface area is 132 Å². The lowest BCUT2D eigenvalue weighted by molar-refractivity contribution is -0.149. The molecule has 2 atom stereocenters. The molecular formula is C17H15NO5. The van der Waals surface area contributed by atoms with E-state index in [1.165, 1.54) is 0 Å². The molecule has 2 aromatic rings. The van der Waals surface area contributed by atoms with Gasteiger partial charge < -0.3 is 19.9 Å². The predicted molar refractivity (Wildman–Crippen MR) is 82.8 cm³/mol. The van der Waals surface area contributed by atoms with Gasteiger partial charge in [-0.1, -0.05) is 48.5 Å². The molecule has 3 rings (SSSR count). The van der Waals surface area contributed by atoms with Crippen LogP contribution in [-0.4, -0.2) is 36.0 Å². The number of aliphatic carboxylic acids is 1. The van der Waals surface area contributed by atoms with Gasteiger partial charge in [-0.15, -0.1) is 0 Å². The van der Waals surface area contributed by atoms with Gasteiger partial charge in [-0.3, -0.25) is 4.79 Å². The molecule has 0 aromatic heterocycles. The van der Waals surface area contributed by atoms with E-state index in [0.29, 0.717) is 5.69 Å². The number of carbonyl (C=O) groups is 2. The summed E-state index contributed by atoms with van der Waals surface area (Å²) in [6, 6.07) is 16.9. The van der Waals surface area contributed by atoms with E-state index in [4.69, 9.17) is 14.6 Å². The molecule has 1 saturated heterocycles. The van der Waals surface area contributed by atoms with Crippen LogP contribution in [0.1, 0.15) is 0 Å². The van der Waals surface area contributed by atoms with Gasteiger partial charge >= 0.3 is 5.97 Å². The minimum Gasteiger partial charge on any atom is -0.479 e. The van der Waals surface area contributed by atoms with Gasteiger partial charge in [0.15, 0.2) is 12.2 Å². The number of amides is 1. The number of ether oxygens (including phenoxy) is 2. The van der Waals surface area contributed by atoms with Crippen LogP contribution in [0, 0.1) is 0 Å². The highest BCUT2D eigenvalue weighted by Crippen LogP contribution is 2.28. The van der Waals surface area contributed by atoms with Gasteiger partial charge in [0.1, 0.15) is 6.79 Å². The van der Waals surface area contributed by atoms with Gasteiger partial charge in [0.25, 0.3) is 5.91 Å². The minimum atomic E-state index is -1.29. The summed E-state index contributed by atoms with van der Waals surface area (Å²) >= 11 is 0. The Hall–Kier alpha value is -2.70. The van der Waals surface area contributed by atoms with Crippen molar-refractivity contribution in [3.05, 3.63) is 54.6 Å². The zero-order chi connectivity index (χ0) is 16.2. The molecule has 0 bridgehead atoms. The number of hydrogen-bond acceptors (Lipinski definition) is 4. The van der Waals surface area contributed by atoms with E-state index in [2.05, 4.69) is 5.32 Å². The zero-order valence-corrected chi connectivity index (χ0v) is 12.1. The van der Waals surface area contributed by atoms with Crippen molar-refractivity contribution in [2.45, 2.75) is 12.2 Å². The SMILES string of the molecule is O=C(O)[C@@H]1OCO[C@H]1C(=O)Nc1ccccc1-c1ccccc1. The van der Waals surface area contributed by atoms with Gasteiger partial charge in [-0.2, -0.15) is 0 Å². The second kappa shape index (κ2) is 6.60. The summed E-state index contributed by atoms with van der Waals surface area (Å²) in [4.78, 5) is 23.4. The van der Waals surface area contributed by atoms with Crippen LogP contribution in [0.5, 0.6) is 0 Å². The van der Waals surface area contributed by atoms with Crippen molar-refractivity contribution >= 4 is 17.6 Å². The number of nitrogens with one attached hydrogen (secondary N) is 1. The van der Waals surface area contributed by atoms with Crippen molar-refractivity contribution in [1.82, 2.24) is 0 Å². The van der Waals surface area contributed by atoms with E-state index in [1.54, 1.807) is 12.1 Å². The van der Waals surface area contributed by atoms with Crippen molar-refractivity contribution < 1.29 is 24.2 Å². The summed E-state index contributed by atoms with van der Waals surface area (Å²) < 4.78 is 10.0. The molecule has 0 saturated carbocycles. The Bertz CT molecular complexity index is 716. The lowest BCUT2D eigenvalue weighted by Crippen LogP contribution is -2.40. The van der Waals surface area contributed by atoms with Gasteiger partial charge in [0.05, 0.1) is 0 Å². The molecule has 0 spiro atoms. The van der Waals surface area contributed by atoms with Crippen molar-refractivity contribution in [1.29, 1.82) is 0 Å². The topological polar surface area (TPSA) is 84.9 Å². The average molecular weight is 313 g/mol. The van der Waals surface area contributed by atoms with Crippen molar-refractivity contribution in [3.8, 4) is 11.1 Å². The summed E-state index contributed by atoms with van der Waals surface area (Å²) in [5.41, 5.74) is 2.37. The Morgan fingerprint density at radius 2 is 1.61 bits per heavy atom. The maximum Gasteiger partial charge on any atom is 0.336 e. The molecule has 6 nitrogen and oxygen atoms in total. The van der Waals surface area contributed by atoms with E-state index in [0.717, 1.165) is 11.1 Å². The number of anilines is 1. The Kier molecular flexibility index (Phi) is 4.36. The molecule has 23 heavy (non-hydrogen) atoms. The second-order valence-electron chi connectivity index (χ2n) is 5.03.